The van der Waals surface area contributed by atoms with Crippen LogP contribution in [0.4, 0.5) is 24.0 Å². The van der Waals surface area contributed by atoms with Gasteiger partial charge in [-0.1, -0.05) is 6.07 Å². The number of benzene rings is 1. The Kier molecular flexibility index (Phi) is 9.25. The summed E-state index contributed by atoms with van der Waals surface area (Å²) >= 11 is 1.10. The smallest absolute Gasteiger partial charge is 0.383 e. The van der Waals surface area contributed by atoms with Crippen molar-refractivity contribution in [1.82, 2.24) is 15.2 Å². The summed E-state index contributed by atoms with van der Waals surface area (Å²) in [6.07, 6.45) is -2.41. The predicted octanol–water partition coefficient (Wildman–Crippen LogP) is 3.68. The van der Waals surface area contributed by atoms with Gasteiger partial charge in [0.15, 0.2) is 5.13 Å². The molecule has 0 saturated carbocycles. The van der Waals surface area contributed by atoms with Gasteiger partial charge in [-0.25, -0.2) is 4.98 Å². The molecule has 1 fully saturated rings. The van der Waals surface area contributed by atoms with Crippen LogP contribution in [-0.2, 0) is 20.4 Å². The number of nitrogens with zero attached hydrogens (tertiary/aromatic N) is 2. The van der Waals surface area contributed by atoms with E-state index in [-0.39, 0.29) is 54.6 Å². The van der Waals surface area contributed by atoms with E-state index >= 15 is 0 Å². The molecule has 1 aliphatic heterocycles. The summed E-state index contributed by atoms with van der Waals surface area (Å²) in [6, 6.07) is 4.73. The average molecular weight is 501 g/mol. The van der Waals surface area contributed by atoms with Crippen LogP contribution in [-0.4, -0.2) is 67.8 Å². The van der Waals surface area contributed by atoms with E-state index in [0.717, 1.165) is 36.3 Å². The Morgan fingerprint density at radius 2 is 2.15 bits per heavy atom. The highest BCUT2D eigenvalue weighted by atomic mass is 32.1. The summed E-state index contributed by atoms with van der Waals surface area (Å²) < 4.78 is 49.3. The zero-order valence-electron chi connectivity index (χ0n) is 18.7. The molecule has 186 valence electrons. The van der Waals surface area contributed by atoms with E-state index in [9.17, 15) is 22.8 Å². The van der Waals surface area contributed by atoms with Crippen LogP contribution >= 0.6 is 11.3 Å². The molecule has 1 aromatic carbocycles. The van der Waals surface area contributed by atoms with Gasteiger partial charge in [-0.05, 0) is 31.0 Å². The minimum atomic E-state index is -4.46. The lowest BCUT2D eigenvalue weighted by atomic mass is 10.2. The van der Waals surface area contributed by atoms with Crippen LogP contribution < -0.4 is 10.6 Å². The van der Waals surface area contributed by atoms with E-state index in [1.807, 2.05) is 0 Å². The first-order valence-electron chi connectivity index (χ1n) is 10.8. The Morgan fingerprint density at radius 3 is 2.85 bits per heavy atom. The van der Waals surface area contributed by atoms with E-state index in [1.54, 1.807) is 0 Å². The largest absolute Gasteiger partial charge is 0.416 e. The Hall–Kier alpha value is -2.70. The van der Waals surface area contributed by atoms with Gasteiger partial charge in [-0.2, -0.15) is 13.2 Å². The van der Waals surface area contributed by atoms with Gasteiger partial charge in [-0.15, -0.1) is 11.3 Å². The second-order valence-electron chi connectivity index (χ2n) is 7.72. The maximum atomic E-state index is 13.0. The number of carbonyl (C=O) groups excluding carboxylic acids is 2. The molecule has 0 unspecified atom stereocenters. The predicted molar refractivity (Wildman–Crippen MR) is 121 cm³/mol. The number of halogens is 3. The number of rotatable bonds is 11. The molecule has 0 aliphatic carbocycles. The number of hydrogen-bond acceptors (Lipinski definition) is 7. The van der Waals surface area contributed by atoms with Crippen molar-refractivity contribution in [3.63, 3.8) is 0 Å². The van der Waals surface area contributed by atoms with Crippen LogP contribution in [0.2, 0.25) is 0 Å². The maximum Gasteiger partial charge on any atom is 0.416 e. The molecule has 0 radical (unpaired) electrons. The van der Waals surface area contributed by atoms with Gasteiger partial charge in [0.1, 0.15) is 5.69 Å². The number of amides is 2. The Morgan fingerprint density at radius 1 is 1.32 bits per heavy atom. The number of anilines is 2. The summed E-state index contributed by atoms with van der Waals surface area (Å²) in [4.78, 5) is 30.9. The molecule has 1 aromatic heterocycles. The molecular formula is C22H27F3N4O4S. The van der Waals surface area contributed by atoms with E-state index in [4.69, 9.17) is 9.47 Å². The summed E-state index contributed by atoms with van der Waals surface area (Å²) in [5.41, 5.74) is -0.438. The van der Waals surface area contributed by atoms with Crippen LogP contribution in [0.3, 0.4) is 0 Å². The normalized spacial score (nSPS) is 15.8. The van der Waals surface area contributed by atoms with Crippen LogP contribution in [0, 0.1) is 0 Å². The van der Waals surface area contributed by atoms with Crippen LogP contribution in [0.25, 0.3) is 0 Å². The number of carbonyl (C=O) groups is 2. The van der Waals surface area contributed by atoms with E-state index in [0.29, 0.717) is 13.2 Å². The summed E-state index contributed by atoms with van der Waals surface area (Å²) in [5, 5.41) is 7.43. The number of hydrogen-bond donors (Lipinski definition) is 2. The Balaban J connectivity index is 1.58. The van der Waals surface area contributed by atoms with E-state index < -0.39 is 17.6 Å². The van der Waals surface area contributed by atoms with Crippen molar-refractivity contribution in [3.05, 3.63) is 40.9 Å². The number of aromatic nitrogens is 1. The van der Waals surface area contributed by atoms with Crippen molar-refractivity contribution in [2.45, 2.75) is 31.5 Å². The fourth-order valence-corrected chi connectivity index (χ4v) is 4.07. The van der Waals surface area contributed by atoms with Gasteiger partial charge in [0.2, 0.25) is 5.91 Å². The first-order valence-corrected chi connectivity index (χ1v) is 11.7. The zero-order valence-corrected chi connectivity index (χ0v) is 19.5. The van der Waals surface area contributed by atoms with Gasteiger partial charge >= 0.3 is 6.18 Å². The Labute approximate surface area is 199 Å². The maximum absolute atomic E-state index is 13.0. The van der Waals surface area contributed by atoms with Crippen molar-refractivity contribution in [1.29, 1.82) is 0 Å². The molecule has 1 aliphatic rings. The third-order valence-corrected chi connectivity index (χ3v) is 5.93. The van der Waals surface area contributed by atoms with Crippen molar-refractivity contribution >= 4 is 34.0 Å². The standard InChI is InChI=1S/C22H27F3N4O4S/c1-32-11-9-29(8-7-19(30)26-13-17-6-3-10-33-17)20(31)18-14-34-21(28-18)27-16-5-2-4-15(12-16)22(23,24)25/h2,4-5,12,14,17H,3,6-11,13H2,1H3,(H,26,30)(H,27,28)/t17-/m0/s1. The monoisotopic (exact) mass is 500 g/mol. The van der Waals surface area contributed by atoms with Gasteiger partial charge in [0.05, 0.1) is 18.3 Å². The second kappa shape index (κ2) is 12.1. The number of alkyl halides is 3. The van der Waals surface area contributed by atoms with E-state index in [1.165, 1.54) is 29.5 Å². The van der Waals surface area contributed by atoms with E-state index in [2.05, 4.69) is 15.6 Å². The zero-order chi connectivity index (χ0) is 24.6. The quantitative estimate of drug-likeness (QED) is 0.489. The lowest BCUT2D eigenvalue weighted by Gasteiger charge is -2.21. The van der Waals surface area contributed by atoms with Gasteiger partial charge in [-0.3, -0.25) is 9.59 Å². The molecule has 2 heterocycles. The number of ether oxygens (including phenoxy) is 2. The SMILES string of the molecule is COCCN(CCC(=O)NC[C@@H]1CCCO1)C(=O)c1csc(Nc2cccc(C(F)(F)F)c2)n1. The van der Waals surface area contributed by atoms with Gasteiger partial charge in [0, 0.05) is 50.8 Å². The molecule has 2 N–H and O–H groups in total. The summed E-state index contributed by atoms with van der Waals surface area (Å²) in [6.45, 7) is 1.87. The fraction of sp³-hybridized carbons (Fsp3) is 0.500. The van der Waals surface area contributed by atoms with Crippen LogP contribution in [0.1, 0.15) is 35.3 Å². The Bertz CT molecular complexity index is 964. The molecule has 2 aromatic rings. The highest BCUT2D eigenvalue weighted by Crippen LogP contribution is 2.32. The van der Waals surface area contributed by atoms with Crippen molar-refractivity contribution in [2.24, 2.45) is 0 Å². The lowest BCUT2D eigenvalue weighted by molar-refractivity contribution is -0.137. The van der Waals surface area contributed by atoms with Crippen molar-refractivity contribution < 1.29 is 32.2 Å². The first-order chi connectivity index (χ1) is 16.3. The molecule has 8 nitrogen and oxygen atoms in total. The van der Waals surface area contributed by atoms with Crippen LogP contribution in [0.5, 0.6) is 0 Å². The van der Waals surface area contributed by atoms with Crippen LogP contribution in [0.15, 0.2) is 29.6 Å². The molecular weight excluding hydrogens is 473 g/mol. The molecule has 1 atom stereocenters. The highest BCUT2D eigenvalue weighted by Gasteiger charge is 2.30. The number of thiazole rings is 1. The number of nitrogens with one attached hydrogen (secondary N) is 2. The minimum Gasteiger partial charge on any atom is -0.383 e. The first kappa shape index (κ1) is 25.9. The topological polar surface area (TPSA) is 92.8 Å². The number of methoxy groups -OCH3 is 1. The third kappa shape index (κ3) is 7.67. The van der Waals surface area contributed by atoms with Gasteiger partial charge < -0.3 is 25.0 Å². The molecule has 1 saturated heterocycles. The summed E-state index contributed by atoms with van der Waals surface area (Å²) in [5.74, 6) is -0.576. The highest BCUT2D eigenvalue weighted by molar-refractivity contribution is 7.14. The molecule has 34 heavy (non-hydrogen) atoms. The molecule has 0 spiro atoms. The molecule has 3 rings (SSSR count). The average Bonchev–Trinajstić information content (AvgIpc) is 3.49. The van der Waals surface area contributed by atoms with Crippen molar-refractivity contribution in [2.75, 3.05) is 45.3 Å². The second-order valence-corrected chi connectivity index (χ2v) is 8.57. The lowest BCUT2D eigenvalue weighted by Crippen LogP contribution is -2.38. The summed E-state index contributed by atoms with van der Waals surface area (Å²) in [7, 11) is 1.51. The van der Waals surface area contributed by atoms with Gasteiger partial charge in [0.25, 0.3) is 5.91 Å². The molecule has 12 heteroatoms. The van der Waals surface area contributed by atoms with Crippen molar-refractivity contribution in [3.8, 4) is 0 Å². The minimum absolute atomic E-state index is 0.0351. The third-order valence-electron chi connectivity index (χ3n) is 5.18. The molecule has 2 amide bonds. The fourth-order valence-electron chi connectivity index (χ4n) is 3.36. The molecule has 0 bridgehead atoms.